The van der Waals surface area contributed by atoms with Crippen LogP contribution in [0, 0.1) is 5.92 Å². The van der Waals surface area contributed by atoms with Crippen LogP contribution in [0.1, 0.15) is 69.9 Å². The maximum Gasteiger partial charge on any atom is 0.408 e. The zero-order chi connectivity index (χ0) is 39.5. The molecular weight excluding hydrogens is 694 g/mol. The predicted molar refractivity (Wildman–Crippen MR) is 201 cm³/mol. The van der Waals surface area contributed by atoms with Crippen molar-refractivity contribution in [2.75, 3.05) is 13.1 Å². The lowest BCUT2D eigenvalue weighted by Gasteiger charge is -2.26. The third-order valence-electron chi connectivity index (χ3n) is 8.67. The Labute approximate surface area is 316 Å². The zero-order valence-corrected chi connectivity index (χ0v) is 31.0. The molecule has 1 fully saturated rings. The molecule has 54 heavy (non-hydrogen) atoms. The van der Waals surface area contributed by atoms with Crippen LogP contribution >= 0.6 is 0 Å². The van der Waals surface area contributed by atoms with Gasteiger partial charge in [-0.15, -0.1) is 0 Å². The van der Waals surface area contributed by atoms with E-state index in [1.165, 1.54) is 12.2 Å². The van der Waals surface area contributed by atoms with Gasteiger partial charge in [0.1, 0.15) is 24.7 Å². The zero-order valence-electron chi connectivity index (χ0n) is 31.0. The summed E-state index contributed by atoms with van der Waals surface area (Å²) in [5.74, 6) is -3.67. The molecule has 15 nitrogen and oxygen atoms in total. The number of alkyl carbamates (subject to hydrolysis) is 1. The van der Waals surface area contributed by atoms with Crippen LogP contribution in [0.3, 0.4) is 0 Å². The van der Waals surface area contributed by atoms with Crippen LogP contribution in [0.25, 0.3) is 0 Å². The van der Waals surface area contributed by atoms with Crippen LogP contribution in [0.5, 0.6) is 0 Å². The summed E-state index contributed by atoms with van der Waals surface area (Å²) in [6, 6.07) is 13.5. The van der Waals surface area contributed by atoms with Gasteiger partial charge in [0.05, 0.1) is 0 Å². The fourth-order valence-electron chi connectivity index (χ4n) is 5.81. The van der Waals surface area contributed by atoms with Gasteiger partial charge in [-0.2, -0.15) is 0 Å². The van der Waals surface area contributed by atoms with Gasteiger partial charge in [0, 0.05) is 44.5 Å². The van der Waals surface area contributed by atoms with Crippen LogP contribution in [-0.2, 0) is 46.5 Å². The quantitative estimate of drug-likeness (QED) is 0.103. The molecule has 0 saturated carbocycles. The van der Waals surface area contributed by atoms with E-state index in [4.69, 9.17) is 16.2 Å². The first-order valence-corrected chi connectivity index (χ1v) is 18.3. The Morgan fingerprint density at radius 2 is 1.24 bits per heavy atom. The Bertz CT molecular complexity index is 1600. The number of nitrogens with zero attached hydrogens (tertiary/aromatic N) is 1. The highest BCUT2D eigenvalue weighted by molar-refractivity contribution is 5.94. The predicted octanol–water partition coefficient (Wildman–Crippen LogP) is 1.73. The highest BCUT2D eigenvalue weighted by Gasteiger charge is 2.31. The molecule has 1 heterocycles. The van der Waals surface area contributed by atoms with Crippen LogP contribution in [0.2, 0.25) is 0 Å². The number of amides is 7. The molecule has 0 aromatic heterocycles. The second-order valence-corrected chi connectivity index (χ2v) is 13.7. The fraction of sp³-hybridized carbons (Fsp3) is 0.462. The van der Waals surface area contributed by atoms with E-state index in [1.54, 1.807) is 47.4 Å². The molecule has 15 heteroatoms. The highest BCUT2D eigenvalue weighted by atomic mass is 16.5. The van der Waals surface area contributed by atoms with E-state index < -0.39 is 59.8 Å². The molecule has 7 amide bonds. The fourth-order valence-corrected chi connectivity index (χ4v) is 5.81. The van der Waals surface area contributed by atoms with E-state index in [0.29, 0.717) is 18.7 Å². The van der Waals surface area contributed by atoms with Crippen LogP contribution < -0.4 is 32.7 Å². The first-order chi connectivity index (χ1) is 25.8. The minimum Gasteiger partial charge on any atom is -0.445 e. The van der Waals surface area contributed by atoms with E-state index >= 15 is 0 Å². The first kappa shape index (κ1) is 42.7. The third-order valence-corrected chi connectivity index (χ3v) is 8.67. The summed E-state index contributed by atoms with van der Waals surface area (Å²) in [5.41, 5.74) is 12.2. The van der Waals surface area contributed by atoms with Crippen LogP contribution in [-0.4, -0.2) is 83.7 Å². The maximum atomic E-state index is 14.0. The maximum absolute atomic E-state index is 14.0. The summed E-state index contributed by atoms with van der Waals surface area (Å²) >= 11 is 0. The molecule has 3 rings (SSSR count). The Morgan fingerprint density at radius 1 is 0.704 bits per heavy atom. The lowest BCUT2D eigenvalue weighted by Crippen LogP contribution is -2.58. The Hall–Kier alpha value is -5.73. The van der Waals surface area contributed by atoms with Crippen molar-refractivity contribution in [2.45, 2.75) is 96.0 Å². The van der Waals surface area contributed by atoms with Crippen molar-refractivity contribution in [3.8, 4) is 0 Å². The monoisotopic (exact) mass is 747 g/mol. The second kappa shape index (κ2) is 22.4. The van der Waals surface area contributed by atoms with Crippen molar-refractivity contribution in [3.05, 3.63) is 83.9 Å². The molecule has 2 aromatic rings. The highest BCUT2D eigenvalue weighted by Crippen LogP contribution is 2.12. The Balaban J connectivity index is 1.80. The average Bonchev–Trinajstić information content (AvgIpc) is 3.69. The Morgan fingerprint density at radius 3 is 1.83 bits per heavy atom. The van der Waals surface area contributed by atoms with E-state index in [0.717, 1.165) is 18.4 Å². The van der Waals surface area contributed by atoms with Gasteiger partial charge in [-0.25, -0.2) is 4.79 Å². The molecule has 1 saturated heterocycles. The summed E-state index contributed by atoms with van der Waals surface area (Å²) in [6.45, 7) is 4.99. The second-order valence-electron chi connectivity index (χ2n) is 13.7. The molecular formula is C39H53N7O8. The molecule has 0 unspecified atom stereocenters. The molecule has 8 N–H and O–H groups in total. The van der Waals surface area contributed by atoms with E-state index in [-0.39, 0.29) is 57.0 Å². The summed E-state index contributed by atoms with van der Waals surface area (Å²) < 4.78 is 5.34. The molecule has 0 radical (unpaired) electrons. The number of rotatable bonds is 21. The topological polar surface area (TPSA) is 232 Å². The number of carbonyl (C=O) groups excluding carboxylic acids is 7. The van der Waals surface area contributed by atoms with Gasteiger partial charge < -0.3 is 42.4 Å². The molecule has 0 spiro atoms. The van der Waals surface area contributed by atoms with Gasteiger partial charge in [0.15, 0.2) is 0 Å². The standard InChI is InChI=1S/C39H53N7O8/c1-26(2)23-31(45-39(53)54-25-28-13-7-4-8-14-28)37(51)44-32(24-27-11-5-3-6-12-27)38(52)43-30(17-19-34(41)48)36(50)42-29(15-18-33(40)47)16-20-35(49)46-21-9-10-22-46/h3-8,11-14,16,20,26,29-32H,9-10,15,17-19,21-25H2,1-2H3,(H2,40,47)(H2,41,48)(H,42,50)(H,43,52)(H,44,51)(H,45,53)/b20-16+/t29-,30-,31-,32-/m0/s1. The minimum absolute atomic E-state index is 0.00951. The molecule has 292 valence electrons. The molecule has 2 aromatic carbocycles. The number of primary amides is 2. The summed E-state index contributed by atoms with van der Waals surface area (Å²) in [7, 11) is 0. The Kier molecular flexibility index (Phi) is 17.7. The third kappa shape index (κ3) is 15.9. The number of hydrogen-bond donors (Lipinski definition) is 6. The van der Waals surface area contributed by atoms with Crippen molar-refractivity contribution in [3.63, 3.8) is 0 Å². The van der Waals surface area contributed by atoms with Crippen molar-refractivity contribution in [1.29, 1.82) is 0 Å². The number of nitrogens with one attached hydrogen (secondary N) is 4. The van der Waals surface area contributed by atoms with Gasteiger partial charge >= 0.3 is 6.09 Å². The number of hydrogen-bond acceptors (Lipinski definition) is 8. The lowest BCUT2D eigenvalue weighted by atomic mass is 10.0. The average molecular weight is 748 g/mol. The van der Waals surface area contributed by atoms with Gasteiger partial charge in [-0.1, -0.05) is 80.6 Å². The largest absolute Gasteiger partial charge is 0.445 e. The summed E-state index contributed by atoms with van der Waals surface area (Å²) in [4.78, 5) is 91.9. The van der Waals surface area contributed by atoms with E-state index in [9.17, 15) is 33.6 Å². The smallest absolute Gasteiger partial charge is 0.408 e. The van der Waals surface area contributed by atoms with E-state index in [1.807, 2.05) is 32.0 Å². The van der Waals surface area contributed by atoms with Crippen molar-refractivity contribution in [2.24, 2.45) is 17.4 Å². The van der Waals surface area contributed by atoms with Crippen molar-refractivity contribution >= 4 is 41.5 Å². The summed E-state index contributed by atoms with van der Waals surface area (Å²) in [5, 5.41) is 10.8. The summed E-state index contributed by atoms with van der Waals surface area (Å²) in [6.07, 6.45) is 3.58. The van der Waals surface area contributed by atoms with Gasteiger partial charge in [0.25, 0.3) is 0 Å². The van der Waals surface area contributed by atoms with Crippen molar-refractivity contribution < 1.29 is 38.3 Å². The van der Waals surface area contributed by atoms with Gasteiger partial charge in [0.2, 0.25) is 35.4 Å². The number of carbonyl (C=O) groups is 7. The number of ether oxygens (including phenoxy) is 1. The molecule has 0 bridgehead atoms. The molecule has 1 aliphatic heterocycles. The molecule has 4 atom stereocenters. The number of nitrogens with two attached hydrogens (primary N) is 2. The van der Waals surface area contributed by atoms with E-state index in [2.05, 4.69) is 21.3 Å². The van der Waals surface area contributed by atoms with Gasteiger partial charge in [-0.3, -0.25) is 28.8 Å². The number of likely N-dealkylation sites (tertiary alicyclic amines) is 1. The normalized spacial score (nSPS) is 14.8. The lowest BCUT2D eigenvalue weighted by molar-refractivity contribution is -0.133. The van der Waals surface area contributed by atoms with Crippen LogP contribution in [0.15, 0.2) is 72.8 Å². The molecule has 1 aliphatic rings. The SMILES string of the molecule is CC(C)C[C@H](NC(=O)OCc1ccccc1)C(=O)N[C@@H](Cc1ccccc1)C(=O)N[C@@H](CCC(N)=O)C(=O)N[C@H](/C=C/C(=O)N1CCCC1)CCC(N)=O. The van der Waals surface area contributed by atoms with Crippen LogP contribution in [0.4, 0.5) is 4.79 Å². The van der Waals surface area contributed by atoms with Gasteiger partial charge in [-0.05, 0) is 49.1 Å². The number of benzene rings is 2. The molecule has 0 aliphatic carbocycles. The van der Waals surface area contributed by atoms with Crippen molar-refractivity contribution in [1.82, 2.24) is 26.2 Å². The first-order valence-electron chi connectivity index (χ1n) is 18.3. The minimum atomic E-state index is -1.29.